The predicted octanol–water partition coefficient (Wildman–Crippen LogP) is 0.519. The largest absolute Gasteiger partial charge is 0.443 e. The number of nitrogens with zero attached hydrogens (tertiary/aromatic N) is 1. The number of cyclic esters (lactones) is 1. The van der Waals surface area contributed by atoms with Gasteiger partial charge in [-0.1, -0.05) is 0 Å². The zero-order valence-corrected chi connectivity index (χ0v) is 8.96. The summed E-state index contributed by atoms with van der Waals surface area (Å²) in [5.41, 5.74) is 5.46. The fraction of sp³-hybridized carbons (Fsp3) is 0.889. The third-order valence-electron chi connectivity index (χ3n) is 2.72. The van der Waals surface area contributed by atoms with Crippen molar-refractivity contribution in [2.45, 2.75) is 12.5 Å². The van der Waals surface area contributed by atoms with Crippen LogP contribution in [-0.2, 0) is 4.74 Å². The Labute approximate surface area is 88.1 Å². The van der Waals surface area contributed by atoms with Crippen LogP contribution in [0.25, 0.3) is 0 Å². The maximum absolute atomic E-state index is 11.4. The van der Waals surface area contributed by atoms with Crippen molar-refractivity contribution in [3.05, 3.63) is 0 Å². The number of hydrogen-bond donors (Lipinski definition) is 1. The van der Waals surface area contributed by atoms with Gasteiger partial charge in [0.05, 0.1) is 6.54 Å². The molecule has 0 aliphatic carbocycles. The van der Waals surface area contributed by atoms with Crippen molar-refractivity contribution in [1.82, 2.24) is 4.90 Å². The Morgan fingerprint density at radius 2 is 2.50 bits per heavy atom. The lowest BCUT2D eigenvalue weighted by atomic mass is 10.1. The van der Waals surface area contributed by atoms with Crippen LogP contribution in [0.2, 0.25) is 0 Å². The molecule has 2 rings (SSSR count). The van der Waals surface area contributed by atoms with E-state index in [1.54, 1.807) is 4.90 Å². The van der Waals surface area contributed by atoms with Gasteiger partial charge in [0.25, 0.3) is 0 Å². The number of nitrogens with two attached hydrogens (primary N) is 1. The Morgan fingerprint density at radius 3 is 3.07 bits per heavy atom. The van der Waals surface area contributed by atoms with Gasteiger partial charge in [0.1, 0.15) is 6.10 Å². The Morgan fingerprint density at radius 1 is 1.64 bits per heavy atom. The Kier molecular flexibility index (Phi) is 3.18. The molecule has 0 radical (unpaired) electrons. The van der Waals surface area contributed by atoms with Gasteiger partial charge < -0.3 is 15.4 Å². The zero-order chi connectivity index (χ0) is 9.97. The summed E-state index contributed by atoms with van der Waals surface area (Å²) in [6, 6.07) is 0. The summed E-state index contributed by atoms with van der Waals surface area (Å²) in [5, 5.41) is 0. The molecule has 14 heavy (non-hydrogen) atoms. The lowest BCUT2D eigenvalue weighted by Crippen LogP contribution is -2.32. The van der Waals surface area contributed by atoms with Crippen molar-refractivity contribution in [2.75, 3.05) is 31.1 Å². The van der Waals surface area contributed by atoms with Gasteiger partial charge in [0, 0.05) is 13.1 Å². The molecule has 2 fully saturated rings. The number of ether oxygens (including phenoxy) is 1. The highest BCUT2D eigenvalue weighted by atomic mass is 32.2. The van der Waals surface area contributed by atoms with E-state index in [2.05, 4.69) is 0 Å². The van der Waals surface area contributed by atoms with Crippen LogP contribution in [0.4, 0.5) is 4.79 Å². The SMILES string of the molecule is NC[C@H]1CN(CC2CCSC2)C(=O)O1. The van der Waals surface area contributed by atoms with Crippen molar-refractivity contribution in [1.29, 1.82) is 0 Å². The summed E-state index contributed by atoms with van der Waals surface area (Å²) < 4.78 is 5.09. The Bertz CT molecular complexity index is 219. The molecule has 0 aromatic carbocycles. The molecule has 2 aliphatic rings. The van der Waals surface area contributed by atoms with Crippen molar-refractivity contribution >= 4 is 17.9 Å². The maximum atomic E-state index is 11.4. The van der Waals surface area contributed by atoms with E-state index in [-0.39, 0.29) is 12.2 Å². The van der Waals surface area contributed by atoms with Gasteiger partial charge >= 0.3 is 6.09 Å². The maximum Gasteiger partial charge on any atom is 0.410 e. The van der Waals surface area contributed by atoms with E-state index >= 15 is 0 Å². The van der Waals surface area contributed by atoms with Crippen molar-refractivity contribution in [3.8, 4) is 0 Å². The fourth-order valence-corrected chi connectivity index (χ4v) is 3.16. The highest BCUT2D eigenvalue weighted by molar-refractivity contribution is 7.99. The van der Waals surface area contributed by atoms with Crippen LogP contribution in [0.15, 0.2) is 0 Å². The normalized spacial score (nSPS) is 32.4. The minimum Gasteiger partial charge on any atom is -0.443 e. The van der Waals surface area contributed by atoms with Gasteiger partial charge in [-0.2, -0.15) is 11.8 Å². The molecule has 0 saturated carbocycles. The van der Waals surface area contributed by atoms with Crippen LogP contribution in [0.3, 0.4) is 0 Å². The first-order chi connectivity index (χ1) is 6.79. The highest BCUT2D eigenvalue weighted by Crippen LogP contribution is 2.25. The molecule has 0 aromatic rings. The summed E-state index contributed by atoms with van der Waals surface area (Å²) >= 11 is 1.97. The van der Waals surface area contributed by atoms with E-state index in [9.17, 15) is 4.79 Å². The quantitative estimate of drug-likeness (QED) is 0.747. The van der Waals surface area contributed by atoms with Crippen LogP contribution >= 0.6 is 11.8 Å². The van der Waals surface area contributed by atoms with E-state index in [0.29, 0.717) is 19.0 Å². The average molecular weight is 216 g/mol. The topological polar surface area (TPSA) is 55.6 Å². The molecular weight excluding hydrogens is 200 g/mol. The summed E-state index contributed by atoms with van der Waals surface area (Å²) in [5.74, 6) is 3.06. The highest BCUT2D eigenvalue weighted by Gasteiger charge is 2.32. The van der Waals surface area contributed by atoms with Gasteiger partial charge in [-0.25, -0.2) is 4.79 Å². The molecule has 1 amide bonds. The molecule has 4 nitrogen and oxygen atoms in total. The predicted molar refractivity (Wildman–Crippen MR) is 56.3 cm³/mol. The first kappa shape index (κ1) is 10.1. The molecule has 0 aromatic heterocycles. The Hall–Kier alpha value is -0.420. The number of hydrogen-bond acceptors (Lipinski definition) is 4. The summed E-state index contributed by atoms with van der Waals surface area (Å²) in [4.78, 5) is 13.2. The van der Waals surface area contributed by atoms with Gasteiger partial charge in [-0.05, 0) is 23.8 Å². The molecule has 0 spiro atoms. The van der Waals surface area contributed by atoms with Crippen molar-refractivity contribution in [2.24, 2.45) is 11.7 Å². The van der Waals surface area contributed by atoms with Crippen LogP contribution in [-0.4, -0.2) is 48.2 Å². The standard InChI is InChI=1S/C9H16N2O2S/c10-3-8-5-11(9(12)13-8)4-7-1-2-14-6-7/h7-8H,1-6,10H2/t7?,8-/m0/s1. The molecule has 2 atom stereocenters. The fourth-order valence-electron chi connectivity index (χ4n) is 1.89. The Balaban J connectivity index is 1.82. The van der Waals surface area contributed by atoms with Gasteiger partial charge in [0.2, 0.25) is 0 Å². The second-order valence-electron chi connectivity index (χ2n) is 3.88. The number of carbonyl (C=O) groups excluding carboxylic acids is 1. The minimum atomic E-state index is -0.183. The minimum absolute atomic E-state index is 0.0865. The molecule has 2 N–H and O–H groups in total. The first-order valence-corrected chi connectivity index (χ1v) is 6.18. The summed E-state index contributed by atoms with van der Waals surface area (Å²) in [6.45, 7) is 1.96. The van der Waals surface area contributed by atoms with Crippen LogP contribution in [0.5, 0.6) is 0 Å². The molecule has 0 bridgehead atoms. The zero-order valence-electron chi connectivity index (χ0n) is 8.15. The summed E-state index contributed by atoms with van der Waals surface area (Å²) in [6.07, 6.45) is 0.954. The second kappa shape index (κ2) is 4.40. The van der Waals surface area contributed by atoms with Crippen LogP contribution in [0, 0.1) is 5.92 Å². The molecule has 5 heteroatoms. The van der Waals surface area contributed by atoms with Gasteiger partial charge in [0.15, 0.2) is 0 Å². The monoisotopic (exact) mass is 216 g/mol. The first-order valence-electron chi connectivity index (χ1n) is 5.03. The van der Waals surface area contributed by atoms with Gasteiger partial charge in [-0.15, -0.1) is 0 Å². The lowest BCUT2D eigenvalue weighted by Gasteiger charge is -2.16. The lowest BCUT2D eigenvalue weighted by molar-refractivity contribution is 0.133. The third-order valence-corrected chi connectivity index (χ3v) is 3.95. The van der Waals surface area contributed by atoms with Crippen molar-refractivity contribution < 1.29 is 9.53 Å². The second-order valence-corrected chi connectivity index (χ2v) is 5.03. The van der Waals surface area contributed by atoms with E-state index in [1.165, 1.54) is 17.9 Å². The number of carbonyl (C=O) groups is 1. The van der Waals surface area contributed by atoms with E-state index in [0.717, 1.165) is 6.54 Å². The molecule has 2 aliphatic heterocycles. The molecule has 1 unspecified atom stereocenters. The van der Waals surface area contributed by atoms with Crippen LogP contribution in [0.1, 0.15) is 6.42 Å². The smallest absolute Gasteiger partial charge is 0.410 e. The van der Waals surface area contributed by atoms with E-state index in [4.69, 9.17) is 10.5 Å². The third kappa shape index (κ3) is 2.15. The number of rotatable bonds is 3. The average Bonchev–Trinajstić information content (AvgIpc) is 2.78. The van der Waals surface area contributed by atoms with Crippen molar-refractivity contribution in [3.63, 3.8) is 0 Å². The molecule has 2 saturated heterocycles. The van der Waals surface area contributed by atoms with E-state index < -0.39 is 0 Å². The number of amides is 1. The van der Waals surface area contributed by atoms with E-state index in [1.807, 2.05) is 11.8 Å². The number of thioether (sulfide) groups is 1. The summed E-state index contributed by atoms with van der Waals surface area (Å²) in [7, 11) is 0. The molecular formula is C9H16N2O2S. The van der Waals surface area contributed by atoms with Crippen LogP contribution < -0.4 is 5.73 Å². The van der Waals surface area contributed by atoms with Gasteiger partial charge in [-0.3, -0.25) is 0 Å². The molecule has 80 valence electrons. The molecule has 2 heterocycles.